The Morgan fingerprint density at radius 1 is 1.28 bits per heavy atom. The molecule has 4 amide bonds. The molecule has 0 aliphatic carbocycles. The molecule has 1 aromatic heterocycles. The summed E-state index contributed by atoms with van der Waals surface area (Å²) in [6, 6.07) is 11.6. The van der Waals surface area contributed by atoms with Crippen LogP contribution in [0.5, 0.6) is 0 Å². The number of nitrogens with zero attached hydrogens (tertiary/aromatic N) is 2. The average molecular weight is 413 g/mol. The summed E-state index contributed by atoms with van der Waals surface area (Å²) in [4.78, 5) is 40.9. The number of hydrazine groups is 1. The van der Waals surface area contributed by atoms with Gasteiger partial charge in [0, 0.05) is 11.4 Å². The number of nitrogens with one attached hydrogen (secondary N) is 2. The molecule has 2 aliphatic rings. The van der Waals surface area contributed by atoms with Crippen molar-refractivity contribution in [3.05, 3.63) is 57.8 Å². The molecule has 1 fully saturated rings. The van der Waals surface area contributed by atoms with Crippen molar-refractivity contribution >= 4 is 29.2 Å². The van der Waals surface area contributed by atoms with Gasteiger partial charge in [0.25, 0.3) is 11.8 Å². The first-order valence-corrected chi connectivity index (χ1v) is 10.6. The minimum absolute atomic E-state index is 0.0269. The van der Waals surface area contributed by atoms with Gasteiger partial charge in [0.05, 0.1) is 12.6 Å². The summed E-state index contributed by atoms with van der Waals surface area (Å²) >= 11 is 1.74. The molecule has 0 radical (unpaired) electrons. The molecule has 152 valence electrons. The molecular weight excluding hydrogens is 388 g/mol. The van der Waals surface area contributed by atoms with E-state index in [4.69, 9.17) is 0 Å². The van der Waals surface area contributed by atoms with Crippen LogP contribution in [0.2, 0.25) is 0 Å². The summed E-state index contributed by atoms with van der Waals surface area (Å²) in [5, 5.41) is 5.54. The van der Waals surface area contributed by atoms with Crippen molar-refractivity contribution in [3.63, 3.8) is 0 Å². The Morgan fingerprint density at radius 3 is 2.72 bits per heavy atom. The SMILES string of the molecule is CC[C@]1(C)NC(=O)N(NC(=O)CN2CCc3sccc3[C@@H]2c2ccccc2)C1=O. The first-order valence-electron chi connectivity index (χ1n) is 9.74. The number of fused-ring (bicyclic) bond motifs is 1. The number of urea groups is 1. The Balaban J connectivity index is 1.52. The van der Waals surface area contributed by atoms with E-state index in [0.717, 1.165) is 23.5 Å². The minimum Gasteiger partial charge on any atom is -0.322 e. The van der Waals surface area contributed by atoms with E-state index < -0.39 is 17.5 Å². The van der Waals surface area contributed by atoms with Gasteiger partial charge in [0.2, 0.25) is 0 Å². The number of thiophene rings is 1. The van der Waals surface area contributed by atoms with E-state index in [1.165, 1.54) is 10.4 Å². The van der Waals surface area contributed by atoms with Crippen LogP contribution in [-0.2, 0) is 16.0 Å². The Morgan fingerprint density at radius 2 is 2.03 bits per heavy atom. The van der Waals surface area contributed by atoms with Crippen molar-refractivity contribution in [2.24, 2.45) is 0 Å². The molecule has 7 nitrogen and oxygen atoms in total. The lowest BCUT2D eigenvalue weighted by Crippen LogP contribution is -2.52. The number of imide groups is 1. The fraction of sp³-hybridized carbons (Fsp3) is 0.381. The zero-order valence-corrected chi connectivity index (χ0v) is 17.3. The lowest BCUT2D eigenvalue weighted by atomic mass is 9.93. The van der Waals surface area contributed by atoms with Crippen molar-refractivity contribution in [2.45, 2.75) is 38.3 Å². The predicted octanol–water partition coefficient (Wildman–Crippen LogP) is 2.45. The van der Waals surface area contributed by atoms with E-state index in [9.17, 15) is 14.4 Å². The molecule has 2 aliphatic heterocycles. The molecule has 1 saturated heterocycles. The smallest absolute Gasteiger partial charge is 0.322 e. The molecule has 0 unspecified atom stereocenters. The van der Waals surface area contributed by atoms with Crippen molar-refractivity contribution < 1.29 is 14.4 Å². The molecule has 2 aromatic rings. The maximum Gasteiger partial charge on any atom is 0.344 e. The molecule has 0 saturated carbocycles. The van der Waals surface area contributed by atoms with Crippen LogP contribution in [0.1, 0.15) is 42.3 Å². The topological polar surface area (TPSA) is 81.8 Å². The van der Waals surface area contributed by atoms with Crippen LogP contribution >= 0.6 is 11.3 Å². The molecular formula is C21H24N4O3S. The number of hydrogen-bond acceptors (Lipinski definition) is 5. The van der Waals surface area contributed by atoms with Gasteiger partial charge in [-0.05, 0) is 42.3 Å². The molecule has 3 heterocycles. The fourth-order valence-electron chi connectivity index (χ4n) is 3.93. The summed E-state index contributed by atoms with van der Waals surface area (Å²) in [6.45, 7) is 4.30. The number of hydrogen-bond donors (Lipinski definition) is 2. The van der Waals surface area contributed by atoms with Gasteiger partial charge in [-0.3, -0.25) is 19.9 Å². The number of rotatable bonds is 5. The normalized spacial score (nSPS) is 24.3. The van der Waals surface area contributed by atoms with Crippen molar-refractivity contribution in [2.75, 3.05) is 13.1 Å². The predicted molar refractivity (Wildman–Crippen MR) is 110 cm³/mol. The highest BCUT2D eigenvalue weighted by molar-refractivity contribution is 7.10. The highest BCUT2D eigenvalue weighted by Crippen LogP contribution is 2.37. The van der Waals surface area contributed by atoms with Crippen molar-refractivity contribution in [1.29, 1.82) is 0 Å². The van der Waals surface area contributed by atoms with Crippen LogP contribution in [0.15, 0.2) is 41.8 Å². The van der Waals surface area contributed by atoms with Gasteiger partial charge in [0.15, 0.2) is 0 Å². The van der Waals surface area contributed by atoms with E-state index in [2.05, 4.69) is 39.2 Å². The van der Waals surface area contributed by atoms with E-state index in [1.54, 1.807) is 18.3 Å². The summed E-state index contributed by atoms with van der Waals surface area (Å²) in [5.74, 6) is -0.815. The lowest BCUT2D eigenvalue weighted by Gasteiger charge is -2.36. The zero-order valence-electron chi connectivity index (χ0n) is 16.5. The number of carbonyl (C=O) groups excluding carboxylic acids is 3. The molecule has 0 bridgehead atoms. The summed E-state index contributed by atoms with van der Waals surface area (Å²) < 4.78 is 0. The van der Waals surface area contributed by atoms with Crippen molar-refractivity contribution in [3.8, 4) is 0 Å². The third-order valence-electron chi connectivity index (χ3n) is 5.73. The average Bonchev–Trinajstić information content (AvgIpc) is 3.27. The second-order valence-corrected chi connectivity index (χ2v) is 8.62. The first kappa shape index (κ1) is 19.6. The Labute approximate surface area is 173 Å². The summed E-state index contributed by atoms with van der Waals surface area (Å²) in [6.07, 6.45) is 1.33. The monoisotopic (exact) mass is 412 g/mol. The molecule has 8 heteroatoms. The van der Waals surface area contributed by atoms with Gasteiger partial charge in [-0.2, -0.15) is 5.01 Å². The maximum absolute atomic E-state index is 12.8. The molecule has 2 atom stereocenters. The Hall–Kier alpha value is -2.71. The second-order valence-electron chi connectivity index (χ2n) is 7.62. The van der Waals surface area contributed by atoms with E-state index >= 15 is 0 Å². The van der Waals surface area contributed by atoms with Crippen LogP contribution in [0.3, 0.4) is 0 Å². The molecule has 29 heavy (non-hydrogen) atoms. The fourth-order valence-corrected chi connectivity index (χ4v) is 4.84. The highest BCUT2D eigenvalue weighted by atomic mass is 32.1. The van der Waals surface area contributed by atoms with Crippen LogP contribution < -0.4 is 10.7 Å². The zero-order chi connectivity index (χ0) is 20.6. The first-order chi connectivity index (χ1) is 13.9. The number of carbonyl (C=O) groups is 3. The third-order valence-corrected chi connectivity index (χ3v) is 6.73. The van der Waals surface area contributed by atoms with E-state index in [1.807, 2.05) is 25.1 Å². The quantitative estimate of drug-likeness (QED) is 0.739. The van der Waals surface area contributed by atoms with Crippen LogP contribution in [-0.4, -0.2) is 46.4 Å². The Kier molecular flexibility index (Phi) is 5.14. The Bertz CT molecular complexity index is 944. The van der Waals surface area contributed by atoms with Crippen LogP contribution in [0, 0.1) is 0 Å². The second kappa shape index (κ2) is 7.61. The standard InChI is InChI=1S/C21H24N4O3S/c1-3-21(2)19(27)25(20(28)22-21)23-17(26)13-24-11-9-16-15(10-12-29-16)18(24)14-7-5-4-6-8-14/h4-8,10,12,18H,3,9,11,13H2,1-2H3,(H,22,28)(H,23,26)/t18-,21-/m0/s1. The van der Waals surface area contributed by atoms with Crippen LogP contribution in [0.25, 0.3) is 0 Å². The van der Waals surface area contributed by atoms with Crippen molar-refractivity contribution in [1.82, 2.24) is 20.7 Å². The largest absolute Gasteiger partial charge is 0.344 e. The van der Waals surface area contributed by atoms with E-state index in [-0.39, 0.29) is 18.5 Å². The summed E-state index contributed by atoms with van der Waals surface area (Å²) in [7, 11) is 0. The van der Waals surface area contributed by atoms with Gasteiger partial charge in [-0.25, -0.2) is 4.79 Å². The minimum atomic E-state index is -0.979. The summed E-state index contributed by atoms with van der Waals surface area (Å²) in [5.41, 5.74) is 3.86. The lowest BCUT2D eigenvalue weighted by molar-refractivity contribution is -0.139. The highest BCUT2D eigenvalue weighted by Gasteiger charge is 2.47. The van der Waals surface area contributed by atoms with Gasteiger partial charge in [-0.1, -0.05) is 37.3 Å². The van der Waals surface area contributed by atoms with E-state index in [0.29, 0.717) is 6.42 Å². The molecule has 0 spiro atoms. The molecule has 1 aromatic carbocycles. The van der Waals surface area contributed by atoms with Crippen LogP contribution in [0.4, 0.5) is 4.79 Å². The maximum atomic E-state index is 12.8. The molecule has 4 rings (SSSR count). The number of amides is 4. The molecule has 2 N–H and O–H groups in total. The van der Waals surface area contributed by atoms with Gasteiger partial charge < -0.3 is 5.32 Å². The number of benzene rings is 1. The van der Waals surface area contributed by atoms with Gasteiger partial charge in [0.1, 0.15) is 5.54 Å². The third kappa shape index (κ3) is 3.54. The van der Waals surface area contributed by atoms with Gasteiger partial charge in [-0.15, -0.1) is 11.3 Å². The van der Waals surface area contributed by atoms with Gasteiger partial charge >= 0.3 is 6.03 Å².